The Bertz CT molecular complexity index is 1070. The van der Waals surface area contributed by atoms with Gasteiger partial charge < -0.3 is 10.2 Å². The van der Waals surface area contributed by atoms with E-state index < -0.39 is 0 Å². The number of halogens is 1. The largest absolute Gasteiger partial charge is 0.370 e. The van der Waals surface area contributed by atoms with E-state index in [-0.39, 0.29) is 11.7 Å². The van der Waals surface area contributed by atoms with Crippen LogP contribution < -0.4 is 10.2 Å². The summed E-state index contributed by atoms with van der Waals surface area (Å²) in [5.41, 5.74) is 2.29. The Morgan fingerprint density at radius 1 is 1.10 bits per heavy atom. The summed E-state index contributed by atoms with van der Waals surface area (Å²) in [7, 11) is 0. The molecule has 7 heteroatoms. The fourth-order valence-electron chi connectivity index (χ4n) is 3.64. The van der Waals surface area contributed by atoms with E-state index in [1.165, 1.54) is 11.5 Å². The third-order valence-corrected chi connectivity index (χ3v) is 5.24. The maximum absolute atomic E-state index is 13.6. The molecule has 1 aliphatic heterocycles. The van der Waals surface area contributed by atoms with E-state index in [1.54, 1.807) is 36.7 Å². The van der Waals surface area contributed by atoms with Gasteiger partial charge in [0.1, 0.15) is 11.5 Å². The van der Waals surface area contributed by atoms with Gasteiger partial charge in [0.05, 0.1) is 11.3 Å². The van der Waals surface area contributed by atoms with Crippen LogP contribution in [0.4, 0.5) is 17.2 Å². The maximum atomic E-state index is 13.6. The van der Waals surface area contributed by atoms with Crippen LogP contribution in [-0.4, -0.2) is 34.3 Å². The summed E-state index contributed by atoms with van der Waals surface area (Å²) in [4.78, 5) is 32.3. The van der Waals surface area contributed by atoms with Crippen LogP contribution in [0.1, 0.15) is 40.6 Å². The first-order valence-corrected chi connectivity index (χ1v) is 9.92. The minimum absolute atomic E-state index is 0.202. The van der Waals surface area contributed by atoms with Gasteiger partial charge in [-0.1, -0.05) is 17.7 Å². The molecular weight excluding hydrogens is 388 g/mol. The zero-order chi connectivity index (χ0) is 20.4. The number of hydrogen-bond donors (Lipinski definition) is 1. The fourth-order valence-corrected chi connectivity index (χ4v) is 3.83. The van der Waals surface area contributed by atoms with Crippen LogP contribution in [0.15, 0.2) is 54.9 Å². The standard InChI is InChI=1S/C22H21ClN4O2/c1-15(28)27-13-9-19(26-11-2-3-12-26)20(27)21(29)18-8-5-10-24-22(18)25-17-7-4-6-16(23)14-17/h4-10,13-14H,2-3,11-12H2,1H3,(H,24,25). The Kier molecular flexibility index (Phi) is 5.36. The molecular formula is C22H21ClN4O2. The Labute approximate surface area is 174 Å². The number of hydrogen-bond acceptors (Lipinski definition) is 5. The van der Waals surface area contributed by atoms with Crippen LogP contribution in [-0.2, 0) is 0 Å². The highest BCUT2D eigenvalue weighted by Gasteiger charge is 2.27. The molecule has 6 nitrogen and oxygen atoms in total. The summed E-state index contributed by atoms with van der Waals surface area (Å²) in [5.74, 6) is -0.0276. The van der Waals surface area contributed by atoms with Crippen LogP contribution >= 0.6 is 11.6 Å². The van der Waals surface area contributed by atoms with Gasteiger partial charge in [0.15, 0.2) is 0 Å². The van der Waals surface area contributed by atoms with Gasteiger partial charge in [-0.25, -0.2) is 4.98 Å². The monoisotopic (exact) mass is 408 g/mol. The van der Waals surface area contributed by atoms with Crippen molar-refractivity contribution in [3.05, 3.63) is 71.1 Å². The van der Waals surface area contributed by atoms with Crippen molar-refractivity contribution in [2.75, 3.05) is 23.3 Å². The first-order valence-electron chi connectivity index (χ1n) is 9.54. The van der Waals surface area contributed by atoms with Crippen LogP contribution in [0.5, 0.6) is 0 Å². The van der Waals surface area contributed by atoms with Gasteiger partial charge >= 0.3 is 0 Å². The van der Waals surface area contributed by atoms with Crippen molar-refractivity contribution in [1.29, 1.82) is 0 Å². The summed E-state index contributed by atoms with van der Waals surface area (Å²) < 4.78 is 1.42. The third-order valence-electron chi connectivity index (χ3n) is 5.01. The van der Waals surface area contributed by atoms with E-state index >= 15 is 0 Å². The molecule has 0 bridgehead atoms. The molecule has 1 aromatic carbocycles. The smallest absolute Gasteiger partial charge is 0.228 e. The lowest BCUT2D eigenvalue weighted by Crippen LogP contribution is -2.23. The molecule has 3 heterocycles. The van der Waals surface area contributed by atoms with Crippen molar-refractivity contribution >= 4 is 40.5 Å². The van der Waals surface area contributed by atoms with E-state index in [1.807, 2.05) is 18.2 Å². The predicted molar refractivity (Wildman–Crippen MR) is 115 cm³/mol. The van der Waals surface area contributed by atoms with Crippen molar-refractivity contribution < 1.29 is 9.59 Å². The van der Waals surface area contributed by atoms with Gasteiger partial charge in [-0.3, -0.25) is 14.2 Å². The highest BCUT2D eigenvalue weighted by Crippen LogP contribution is 2.30. The van der Waals surface area contributed by atoms with E-state index in [2.05, 4.69) is 15.2 Å². The lowest BCUT2D eigenvalue weighted by atomic mass is 10.1. The summed E-state index contributed by atoms with van der Waals surface area (Å²) in [6.45, 7) is 3.21. The Balaban J connectivity index is 1.76. The summed E-state index contributed by atoms with van der Waals surface area (Å²) in [6, 6.07) is 12.5. The van der Waals surface area contributed by atoms with Gasteiger partial charge in [0.2, 0.25) is 11.7 Å². The number of carbonyl (C=O) groups excluding carboxylic acids is 2. The molecule has 148 valence electrons. The van der Waals surface area contributed by atoms with E-state index in [0.29, 0.717) is 22.1 Å². The number of aromatic nitrogens is 2. The van der Waals surface area contributed by atoms with Crippen LogP contribution in [0.25, 0.3) is 0 Å². The van der Waals surface area contributed by atoms with Crippen molar-refractivity contribution in [3.63, 3.8) is 0 Å². The molecule has 0 spiro atoms. The minimum Gasteiger partial charge on any atom is -0.370 e. The van der Waals surface area contributed by atoms with E-state index in [4.69, 9.17) is 11.6 Å². The van der Waals surface area contributed by atoms with Gasteiger partial charge in [-0.2, -0.15) is 0 Å². The number of nitrogens with zero attached hydrogens (tertiary/aromatic N) is 3. The van der Waals surface area contributed by atoms with Crippen molar-refractivity contribution in [2.24, 2.45) is 0 Å². The van der Waals surface area contributed by atoms with Crippen molar-refractivity contribution in [3.8, 4) is 0 Å². The second-order valence-corrected chi connectivity index (χ2v) is 7.43. The third kappa shape index (κ3) is 3.89. The van der Waals surface area contributed by atoms with E-state index in [0.717, 1.165) is 37.3 Å². The number of anilines is 3. The number of nitrogens with one attached hydrogen (secondary N) is 1. The summed E-state index contributed by atoms with van der Waals surface area (Å²) in [6.07, 6.45) is 5.44. The highest BCUT2D eigenvalue weighted by atomic mass is 35.5. The molecule has 4 rings (SSSR count). The zero-order valence-electron chi connectivity index (χ0n) is 16.1. The molecule has 0 unspecified atom stereocenters. The van der Waals surface area contributed by atoms with E-state index in [9.17, 15) is 9.59 Å². The highest BCUT2D eigenvalue weighted by molar-refractivity contribution is 6.30. The molecule has 3 aromatic rings. The van der Waals surface area contributed by atoms with Crippen molar-refractivity contribution in [1.82, 2.24) is 9.55 Å². The molecule has 1 saturated heterocycles. The molecule has 0 aliphatic carbocycles. The molecule has 0 saturated carbocycles. The van der Waals surface area contributed by atoms with Crippen LogP contribution in [0.2, 0.25) is 5.02 Å². The normalized spacial score (nSPS) is 13.5. The number of carbonyl (C=O) groups is 2. The second kappa shape index (κ2) is 8.09. The summed E-state index contributed by atoms with van der Waals surface area (Å²) in [5, 5.41) is 3.75. The zero-order valence-corrected chi connectivity index (χ0v) is 16.8. The number of benzene rings is 1. The van der Waals surface area contributed by atoms with Gasteiger partial charge in [-0.05, 0) is 49.2 Å². The molecule has 29 heavy (non-hydrogen) atoms. The Morgan fingerprint density at radius 3 is 2.62 bits per heavy atom. The SMILES string of the molecule is CC(=O)n1ccc(N2CCCC2)c1C(=O)c1cccnc1Nc1cccc(Cl)c1. The number of pyridine rings is 1. The quantitative estimate of drug-likeness (QED) is 0.616. The molecule has 0 radical (unpaired) electrons. The van der Waals surface area contributed by atoms with Gasteiger partial charge in [0.25, 0.3) is 0 Å². The fraction of sp³-hybridized carbons (Fsp3) is 0.227. The first-order chi connectivity index (χ1) is 14.0. The molecule has 2 aromatic heterocycles. The van der Waals surface area contributed by atoms with Gasteiger partial charge in [-0.15, -0.1) is 0 Å². The topological polar surface area (TPSA) is 67.2 Å². The molecule has 1 fully saturated rings. The Hall–Kier alpha value is -3.12. The maximum Gasteiger partial charge on any atom is 0.228 e. The molecule has 0 amide bonds. The second-order valence-electron chi connectivity index (χ2n) is 7.00. The number of ketones is 1. The lowest BCUT2D eigenvalue weighted by Gasteiger charge is -2.19. The number of rotatable bonds is 5. The average molecular weight is 409 g/mol. The van der Waals surface area contributed by atoms with Crippen LogP contribution in [0.3, 0.4) is 0 Å². The van der Waals surface area contributed by atoms with Crippen molar-refractivity contribution in [2.45, 2.75) is 19.8 Å². The van der Waals surface area contributed by atoms with Crippen LogP contribution in [0, 0.1) is 0 Å². The average Bonchev–Trinajstić information content (AvgIpc) is 3.37. The lowest BCUT2D eigenvalue weighted by molar-refractivity contribution is 0.0914. The minimum atomic E-state index is -0.246. The molecule has 0 atom stereocenters. The molecule has 1 aliphatic rings. The molecule has 1 N–H and O–H groups in total. The Morgan fingerprint density at radius 2 is 1.90 bits per heavy atom. The summed E-state index contributed by atoms with van der Waals surface area (Å²) >= 11 is 6.07. The first kappa shape index (κ1) is 19.2. The predicted octanol–water partition coefficient (Wildman–Crippen LogP) is 4.77. The van der Waals surface area contributed by atoms with Gasteiger partial charge in [0, 0.05) is 43.1 Å².